The van der Waals surface area contributed by atoms with E-state index in [4.69, 9.17) is 9.47 Å². The van der Waals surface area contributed by atoms with Crippen molar-refractivity contribution in [2.45, 2.75) is 39.2 Å². The first kappa shape index (κ1) is 17.1. The average Bonchev–Trinajstić information content (AvgIpc) is 2.58. The molecule has 0 saturated heterocycles. The number of ether oxygens (including phenoxy) is 2. The maximum absolute atomic E-state index is 11.5. The van der Waals surface area contributed by atoms with Crippen LogP contribution in [-0.4, -0.2) is 13.1 Å². The van der Waals surface area contributed by atoms with Crippen molar-refractivity contribution in [2.24, 2.45) is 0 Å². The molecule has 2 aromatic carbocycles. The Balaban J connectivity index is 1.97. The standard InChI is InChI=1S/C20H24O3/c1-4-17(13-20(21)22-3)18-8-10-19(11-9-18)23-14-16-7-5-6-15(2)12-16/h5-12,17H,4,13-14H2,1-3H3. The van der Waals surface area contributed by atoms with E-state index in [0.717, 1.165) is 23.3 Å². The second-order valence-electron chi connectivity index (χ2n) is 5.73. The zero-order chi connectivity index (χ0) is 16.7. The second kappa shape index (κ2) is 8.37. The van der Waals surface area contributed by atoms with Crippen LogP contribution in [0.1, 0.15) is 42.4 Å². The lowest BCUT2D eigenvalue weighted by Crippen LogP contribution is -2.08. The minimum Gasteiger partial charge on any atom is -0.489 e. The first-order valence-electron chi connectivity index (χ1n) is 7.97. The van der Waals surface area contributed by atoms with Gasteiger partial charge in [0.1, 0.15) is 12.4 Å². The minimum absolute atomic E-state index is 0.170. The van der Waals surface area contributed by atoms with E-state index < -0.39 is 0 Å². The Labute approximate surface area is 138 Å². The van der Waals surface area contributed by atoms with Gasteiger partial charge in [-0.25, -0.2) is 0 Å². The van der Waals surface area contributed by atoms with Crippen molar-refractivity contribution in [3.63, 3.8) is 0 Å². The van der Waals surface area contributed by atoms with Crippen LogP contribution in [0.3, 0.4) is 0 Å². The molecule has 0 spiro atoms. The lowest BCUT2D eigenvalue weighted by molar-refractivity contribution is -0.141. The van der Waals surface area contributed by atoms with Crippen LogP contribution >= 0.6 is 0 Å². The van der Waals surface area contributed by atoms with Crippen LogP contribution in [0.4, 0.5) is 0 Å². The number of hydrogen-bond acceptors (Lipinski definition) is 3. The van der Waals surface area contributed by atoms with Crippen molar-refractivity contribution < 1.29 is 14.3 Å². The number of benzene rings is 2. The molecule has 0 aliphatic heterocycles. The zero-order valence-electron chi connectivity index (χ0n) is 14.0. The molecule has 0 radical (unpaired) electrons. The van der Waals surface area contributed by atoms with E-state index in [0.29, 0.717) is 13.0 Å². The molecule has 1 atom stereocenters. The fourth-order valence-corrected chi connectivity index (χ4v) is 2.59. The molecule has 0 amide bonds. The molecular formula is C20H24O3. The van der Waals surface area contributed by atoms with Gasteiger partial charge in [0.25, 0.3) is 0 Å². The fourth-order valence-electron chi connectivity index (χ4n) is 2.59. The Kier molecular flexibility index (Phi) is 6.21. The van der Waals surface area contributed by atoms with Crippen molar-refractivity contribution in [1.82, 2.24) is 0 Å². The summed E-state index contributed by atoms with van der Waals surface area (Å²) < 4.78 is 10.6. The normalized spacial score (nSPS) is 11.8. The number of esters is 1. The molecule has 2 aromatic rings. The van der Waals surface area contributed by atoms with Crippen molar-refractivity contribution in [3.05, 3.63) is 65.2 Å². The maximum atomic E-state index is 11.5. The van der Waals surface area contributed by atoms with Crippen molar-refractivity contribution in [1.29, 1.82) is 0 Å². The highest BCUT2D eigenvalue weighted by atomic mass is 16.5. The van der Waals surface area contributed by atoms with Crippen molar-refractivity contribution in [2.75, 3.05) is 7.11 Å². The Morgan fingerprint density at radius 2 is 1.87 bits per heavy atom. The van der Waals surface area contributed by atoms with Crippen molar-refractivity contribution in [3.8, 4) is 5.75 Å². The van der Waals surface area contributed by atoms with Crippen LogP contribution in [0.25, 0.3) is 0 Å². The molecule has 0 saturated carbocycles. The first-order chi connectivity index (χ1) is 11.1. The van der Waals surface area contributed by atoms with Crippen LogP contribution in [-0.2, 0) is 16.1 Å². The summed E-state index contributed by atoms with van der Waals surface area (Å²) in [6, 6.07) is 16.3. The molecule has 0 N–H and O–H groups in total. The van der Waals surface area contributed by atoms with Gasteiger partial charge < -0.3 is 9.47 Å². The van der Waals surface area contributed by atoms with Gasteiger partial charge in [0.15, 0.2) is 0 Å². The van der Waals surface area contributed by atoms with Gasteiger partial charge in [-0.15, -0.1) is 0 Å². The number of rotatable bonds is 7. The molecule has 0 fully saturated rings. The highest BCUT2D eigenvalue weighted by molar-refractivity contribution is 5.70. The average molecular weight is 312 g/mol. The Hall–Kier alpha value is -2.29. The number of carbonyl (C=O) groups is 1. The number of hydrogen-bond donors (Lipinski definition) is 0. The summed E-state index contributed by atoms with van der Waals surface area (Å²) in [6.07, 6.45) is 1.31. The highest BCUT2D eigenvalue weighted by Crippen LogP contribution is 2.26. The number of methoxy groups -OCH3 is 1. The van der Waals surface area contributed by atoms with Crippen LogP contribution in [0, 0.1) is 6.92 Å². The van der Waals surface area contributed by atoms with E-state index in [1.807, 2.05) is 30.3 Å². The molecule has 0 aliphatic rings. The summed E-state index contributed by atoms with van der Waals surface area (Å²) >= 11 is 0. The SMILES string of the molecule is CCC(CC(=O)OC)c1ccc(OCc2cccc(C)c2)cc1. The minimum atomic E-state index is -0.170. The highest BCUT2D eigenvalue weighted by Gasteiger charge is 2.14. The summed E-state index contributed by atoms with van der Waals surface area (Å²) in [5, 5.41) is 0. The molecule has 0 aromatic heterocycles. The van der Waals surface area contributed by atoms with Gasteiger partial charge in [-0.1, -0.05) is 48.9 Å². The van der Waals surface area contributed by atoms with Crippen LogP contribution < -0.4 is 4.74 Å². The first-order valence-corrected chi connectivity index (χ1v) is 7.97. The molecule has 0 aliphatic carbocycles. The van der Waals surface area contributed by atoms with E-state index in [1.54, 1.807) is 0 Å². The zero-order valence-corrected chi connectivity index (χ0v) is 14.0. The van der Waals surface area contributed by atoms with Gasteiger partial charge in [0.05, 0.1) is 13.5 Å². The Morgan fingerprint density at radius 1 is 1.13 bits per heavy atom. The molecule has 0 heterocycles. The van der Waals surface area contributed by atoms with Crippen LogP contribution in [0.15, 0.2) is 48.5 Å². The molecule has 0 bridgehead atoms. The van der Waals surface area contributed by atoms with E-state index >= 15 is 0 Å². The summed E-state index contributed by atoms with van der Waals surface area (Å²) in [7, 11) is 1.43. The van der Waals surface area contributed by atoms with Crippen LogP contribution in [0.2, 0.25) is 0 Å². The molecule has 2 rings (SSSR count). The topological polar surface area (TPSA) is 35.5 Å². The molecule has 122 valence electrons. The number of aryl methyl sites for hydroxylation is 1. The van der Waals surface area contributed by atoms with Gasteiger partial charge in [-0.05, 0) is 42.5 Å². The predicted octanol–water partition coefficient (Wildman–Crippen LogP) is 4.63. The van der Waals surface area contributed by atoms with E-state index in [-0.39, 0.29) is 11.9 Å². The summed E-state index contributed by atoms with van der Waals surface area (Å²) in [5.41, 5.74) is 3.53. The van der Waals surface area contributed by atoms with E-state index in [9.17, 15) is 4.79 Å². The van der Waals surface area contributed by atoms with Gasteiger partial charge in [0.2, 0.25) is 0 Å². The monoisotopic (exact) mass is 312 g/mol. The molecule has 3 nitrogen and oxygen atoms in total. The molecular weight excluding hydrogens is 288 g/mol. The molecule has 1 unspecified atom stereocenters. The fraction of sp³-hybridized carbons (Fsp3) is 0.350. The largest absolute Gasteiger partial charge is 0.489 e. The van der Waals surface area contributed by atoms with Gasteiger partial charge in [0, 0.05) is 0 Å². The van der Waals surface area contributed by atoms with E-state index in [1.165, 1.54) is 12.7 Å². The van der Waals surface area contributed by atoms with Gasteiger partial charge in [-0.2, -0.15) is 0 Å². The smallest absolute Gasteiger partial charge is 0.306 e. The maximum Gasteiger partial charge on any atom is 0.306 e. The molecule has 23 heavy (non-hydrogen) atoms. The van der Waals surface area contributed by atoms with Gasteiger partial charge in [-0.3, -0.25) is 4.79 Å². The van der Waals surface area contributed by atoms with Crippen LogP contribution in [0.5, 0.6) is 5.75 Å². The quantitative estimate of drug-likeness (QED) is 0.699. The number of carbonyl (C=O) groups excluding carboxylic acids is 1. The third-order valence-corrected chi connectivity index (χ3v) is 3.97. The third kappa shape index (κ3) is 5.13. The lowest BCUT2D eigenvalue weighted by Gasteiger charge is -2.15. The lowest BCUT2D eigenvalue weighted by atomic mass is 9.93. The predicted molar refractivity (Wildman–Crippen MR) is 91.6 cm³/mol. The van der Waals surface area contributed by atoms with E-state index in [2.05, 4.69) is 32.0 Å². The van der Waals surface area contributed by atoms with Gasteiger partial charge >= 0.3 is 5.97 Å². The summed E-state index contributed by atoms with van der Waals surface area (Å²) in [4.78, 5) is 11.5. The summed E-state index contributed by atoms with van der Waals surface area (Å²) in [6.45, 7) is 4.71. The Morgan fingerprint density at radius 3 is 2.48 bits per heavy atom. The summed E-state index contributed by atoms with van der Waals surface area (Å²) in [5.74, 6) is 0.855. The third-order valence-electron chi connectivity index (χ3n) is 3.97. The van der Waals surface area contributed by atoms with Crippen molar-refractivity contribution >= 4 is 5.97 Å². The molecule has 3 heteroatoms. The second-order valence-corrected chi connectivity index (χ2v) is 5.73. The Bertz CT molecular complexity index is 632.